The average molecular weight is 951 g/mol. The number of thioether (sulfide) groups is 2. The van der Waals surface area contributed by atoms with Crippen molar-refractivity contribution in [1.29, 1.82) is 0 Å². The minimum Gasteiger partial charge on any atom is -0.481 e. The third kappa shape index (κ3) is 9.64. The molecule has 0 saturated carbocycles. The van der Waals surface area contributed by atoms with Gasteiger partial charge in [-0.2, -0.15) is 0 Å². The molecule has 0 spiro atoms. The number of carboxylic acids is 4. The Morgan fingerprint density at radius 1 is 0.758 bits per heavy atom. The van der Waals surface area contributed by atoms with Gasteiger partial charge in [0.1, 0.15) is 23.4 Å². The number of nitrogens with one attached hydrogen (secondary N) is 5. The quantitative estimate of drug-likeness (QED) is 0.0803. The summed E-state index contributed by atoms with van der Waals surface area (Å²) >= 11 is 2.50. The summed E-state index contributed by atoms with van der Waals surface area (Å²) in [5.74, 6) is -10.3. The van der Waals surface area contributed by atoms with Crippen molar-refractivity contribution < 1.29 is 68.6 Å². The van der Waals surface area contributed by atoms with Crippen molar-refractivity contribution >= 4 is 82.5 Å². The van der Waals surface area contributed by atoms with Gasteiger partial charge in [0.2, 0.25) is 17.7 Å². The largest absolute Gasteiger partial charge is 0.481 e. The minimum absolute atomic E-state index is 0.00326. The summed E-state index contributed by atoms with van der Waals surface area (Å²) in [6, 6.07) is 8.83. The van der Waals surface area contributed by atoms with Gasteiger partial charge in [-0.3, -0.25) is 19.2 Å². The molecule has 5 heterocycles. The molecule has 66 heavy (non-hydrogen) atoms. The van der Waals surface area contributed by atoms with Crippen molar-refractivity contribution in [3.05, 3.63) is 80.9 Å². The van der Waals surface area contributed by atoms with Crippen molar-refractivity contribution in [3.8, 4) is 0 Å². The Kier molecular flexibility index (Phi) is 14.2. The highest BCUT2D eigenvalue weighted by atomic mass is 32.2. The van der Waals surface area contributed by atoms with E-state index in [-0.39, 0.29) is 44.6 Å². The van der Waals surface area contributed by atoms with Gasteiger partial charge in [-0.15, -0.1) is 23.5 Å². The lowest BCUT2D eigenvalue weighted by Gasteiger charge is -2.46. The number of hydrogen-bond acceptors (Lipinski definition) is 15. The summed E-state index contributed by atoms with van der Waals surface area (Å²) in [5.41, 5.74) is 0.260. The Labute approximate surface area is 386 Å². The molecule has 22 heteroatoms. The summed E-state index contributed by atoms with van der Waals surface area (Å²) in [7, 11) is 0. The second-order valence-electron chi connectivity index (χ2n) is 17.1. The van der Waals surface area contributed by atoms with Crippen molar-refractivity contribution in [1.82, 2.24) is 20.9 Å². The molecule has 10 N–H and O–H groups in total. The number of nitrogens with zero attached hydrogens (tertiary/aromatic N) is 1. The molecule has 5 aliphatic rings. The molecule has 7 rings (SSSR count). The molecule has 352 valence electrons. The van der Waals surface area contributed by atoms with Crippen molar-refractivity contribution in [2.24, 2.45) is 23.7 Å². The SMILES string of the molecule is C[C@@H](O)[C@H]1C(=O)N2C(C(=O)O)=C(S[C@@H]3CN[C@H](C(=O)Nc4cccc(C(=O)O[C@H](C)[C@@H](C(=O)O)[C@@H]5NC(C(=O)O)=C(S[C@@H]6CN[C@H](C(=O)Nc7cccc(C(=O)O)c7)C6)[C@@H]5C)c4)C3)[C@H](C)[C@H]12. The van der Waals surface area contributed by atoms with Gasteiger partial charge >= 0.3 is 29.8 Å². The number of aliphatic hydroxyl groups is 1. The van der Waals surface area contributed by atoms with Crippen LogP contribution in [0.2, 0.25) is 0 Å². The molecule has 0 aromatic heterocycles. The Hall–Kier alpha value is -5.94. The third-order valence-corrected chi connectivity index (χ3v) is 15.7. The molecule has 2 aromatic rings. The number of fused-ring (bicyclic) bond motifs is 1. The fraction of sp³-hybridized carbons (Fsp3) is 0.455. The summed E-state index contributed by atoms with van der Waals surface area (Å²) in [6.07, 6.45) is -1.59. The lowest BCUT2D eigenvalue weighted by molar-refractivity contribution is -0.163. The number of aliphatic hydroxyl groups excluding tert-OH is 1. The zero-order chi connectivity index (χ0) is 47.9. The Bertz CT molecular complexity index is 2430. The van der Waals surface area contributed by atoms with Crippen LogP contribution < -0.4 is 26.6 Å². The average Bonchev–Trinajstić information content (AvgIpc) is 4.04. The van der Waals surface area contributed by atoms with E-state index in [1.165, 1.54) is 78.7 Å². The predicted octanol–water partition coefficient (Wildman–Crippen LogP) is 2.19. The molecule has 12 atom stereocenters. The highest BCUT2D eigenvalue weighted by molar-refractivity contribution is 8.04. The van der Waals surface area contributed by atoms with Crippen LogP contribution in [0.4, 0.5) is 11.4 Å². The summed E-state index contributed by atoms with van der Waals surface area (Å²) < 4.78 is 5.68. The number of amides is 3. The fourth-order valence-electron chi connectivity index (χ4n) is 9.38. The number of esters is 1. The smallest absolute Gasteiger partial charge is 0.353 e. The van der Waals surface area contributed by atoms with E-state index in [0.29, 0.717) is 41.4 Å². The standard InChI is InChI=1S/C44H50N6O14S2/c1-17-31(49-32(42(59)60)35(17)65-25-13-27(45-15-25)37(52)47-23-9-5-7-21(11-23)40(55)56)30(41(57)58)20(4)64-44(63)22-8-6-10-24(12-22)48-38(53)28-14-26(16-46-28)66-36-18(2)33-29(19(3)51)39(54)50(33)34(36)43(61)62/h5-12,17-20,25-31,33,45-46,49,51H,13-16H2,1-4H3,(H,47,52)(H,48,53)(H,55,56)(H,57,58)(H,59,60)(H,61,62)/t17-,18-,19-,20-,25+,26+,27+,28+,29-,30-,31-,33-/m1/s1. The predicted molar refractivity (Wildman–Crippen MR) is 239 cm³/mol. The van der Waals surface area contributed by atoms with Crippen molar-refractivity contribution in [2.45, 2.75) is 87.4 Å². The zero-order valence-corrected chi connectivity index (χ0v) is 37.7. The van der Waals surface area contributed by atoms with Gasteiger partial charge in [0, 0.05) is 56.6 Å². The first-order valence-electron chi connectivity index (χ1n) is 21.3. The van der Waals surface area contributed by atoms with Crippen LogP contribution >= 0.6 is 23.5 Å². The molecule has 0 radical (unpaired) electrons. The lowest BCUT2D eigenvalue weighted by Crippen LogP contribution is -2.63. The number of benzene rings is 2. The molecule has 2 aromatic carbocycles. The maximum absolute atomic E-state index is 13.5. The fourth-order valence-corrected chi connectivity index (χ4v) is 12.3. The molecule has 5 aliphatic heterocycles. The molecule has 3 amide bonds. The maximum atomic E-state index is 13.5. The van der Waals surface area contributed by atoms with E-state index in [4.69, 9.17) is 4.74 Å². The van der Waals surface area contributed by atoms with E-state index in [1.807, 2.05) is 6.92 Å². The first kappa shape index (κ1) is 48.0. The Morgan fingerprint density at radius 3 is 1.82 bits per heavy atom. The molecule has 0 unspecified atom stereocenters. The highest BCUT2D eigenvalue weighted by Crippen LogP contribution is 2.52. The number of β-lactam (4-membered cyclic amide) rings is 1. The van der Waals surface area contributed by atoms with E-state index >= 15 is 0 Å². The van der Waals surface area contributed by atoms with Crippen LogP contribution in [0.3, 0.4) is 0 Å². The molecular weight excluding hydrogens is 901 g/mol. The van der Waals surface area contributed by atoms with Gasteiger partial charge in [0.25, 0.3) is 0 Å². The number of aliphatic carboxylic acids is 3. The third-order valence-electron chi connectivity index (χ3n) is 12.6. The highest BCUT2D eigenvalue weighted by Gasteiger charge is 2.60. The molecule has 3 saturated heterocycles. The maximum Gasteiger partial charge on any atom is 0.353 e. The first-order chi connectivity index (χ1) is 31.2. The van der Waals surface area contributed by atoms with Gasteiger partial charge in [0.15, 0.2) is 0 Å². The number of anilines is 2. The van der Waals surface area contributed by atoms with E-state index < -0.39 is 102 Å². The van der Waals surface area contributed by atoms with Gasteiger partial charge in [-0.25, -0.2) is 19.2 Å². The lowest BCUT2D eigenvalue weighted by atomic mass is 9.79. The number of rotatable bonds is 17. The van der Waals surface area contributed by atoms with E-state index in [0.717, 1.165) is 0 Å². The number of ether oxygens (including phenoxy) is 1. The van der Waals surface area contributed by atoms with E-state index in [1.54, 1.807) is 19.1 Å². The number of carbonyl (C=O) groups is 8. The molecule has 0 bridgehead atoms. The van der Waals surface area contributed by atoms with E-state index in [2.05, 4.69) is 26.6 Å². The molecule has 0 aliphatic carbocycles. The molecule has 3 fully saturated rings. The number of carboxylic acid groups (broad SMARTS) is 4. The molecule has 20 nitrogen and oxygen atoms in total. The second-order valence-corrected chi connectivity index (χ2v) is 19.8. The first-order valence-corrected chi connectivity index (χ1v) is 23.0. The number of hydrogen-bond donors (Lipinski definition) is 10. The second kappa shape index (κ2) is 19.5. The van der Waals surface area contributed by atoms with Crippen LogP contribution in [-0.2, 0) is 33.5 Å². The summed E-state index contributed by atoms with van der Waals surface area (Å²) in [6.45, 7) is 7.08. The van der Waals surface area contributed by atoms with Crippen molar-refractivity contribution in [2.75, 3.05) is 23.7 Å². The number of aromatic carboxylic acids is 1. The minimum atomic E-state index is -1.41. The monoisotopic (exact) mass is 950 g/mol. The van der Waals surface area contributed by atoms with Crippen LogP contribution in [0.1, 0.15) is 61.3 Å². The van der Waals surface area contributed by atoms with Crippen LogP contribution in [-0.4, -0.2) is 138 Å². The normalized spacial score (nSPS) is 28.2. The van der Waals surface area contributed by atoms with Gasteiger partial charge in [0.05, 0.1) is 47.3 Å². The summed E-state index contributed by atoms with van der Waals surface area (Å²) in [4.78, 5) is 104. The number of carbonyl (C=O) groups excluding carboxylic acids is 4. The van der Waals surface area contributed by atoms with Crippen LogP contribution in [0, 0.1) is 23.7 Å². The van der Waals surface area contributed by atoms with Crippen LogP contribution in [0.5, 0.6) is 0 Å². The molecular formula is C44H50N6O14S2. The van der Waals surface area contributed by atoms with Gasteiger partial charge in [-0.05, 0) is 63.1 Å². The zero-order valence-electron chi connectivity index (χ0n) is 36.0. The van der Waals surface area contributed by atoms with Gasteiger partial charge < -0.3 is 61.8 Å². The topological polar surface area (TPSA) is 310 Å². The Morgan fingerprint density at radius 2 is 1.30 bits per heavy atom. The van der Waals surface area contributed by atoms with Crippen LogP contribution in [0.15, 0.2) is 69.7 Å². The van der Waals surface area contributed by atoms with Crippen LogP contribution in [0.25, 0.3) is 0 Å². The van der Waals surface area contributed by atoms with Gasteiger partial charge in [-0.1, -0.05) is 26.0 Å². The summed E-state index contributed by atoms with van der Waals surface area (Å²) in [5, 5.41) is 64.1. The Balaban J connectivity index is 0.937. The van der Waals surface area contributed by atoms with E-state index in [9.17, 15) is 63.9 Å². The van der Waals surface area contributed by atoms with Crippen molar-refractivity contribution in [3.63, 3.8) is 0 Å².